The second-order valence-electron chi connectivity index (χ2n) is 9.01. The van der Waals surface area contributed by atoms with Crippen LogP contribution in [0.4, 0.5) is 0 Å². The van der Waals surface area contributed by atoms with E-state index in [1.54, 1.807) is 13.2 Å². The number of nitrogens with one attached hydrogen (secondary N) is 1. The minimum Gasteiger partial charge on any atom is -0.496 e. The molecule has 4 nitrogen and oxygen atoms in total. The number of carbonyl (C=O) groups excluding carboxylic acids is 1. The zero-order valence-corrected chi connectivity index (χ0v) is 20.2. The summed E-state index contributed by atoms with van der Waals surface area (Å²) >= 11 is 0. The van der Waals surface area contributed by atoms with E-state index in [1.807, 2.05) is 18.2 Å². The fraction of sp³-hybridized carbons (Fsp3) is 0.464. The van der Waals surface area contributed by atoms with E-state index in [4.69, 9.17) is 11.2 Å². The van der Waals surface area contributed by atoms with Crippen molar-refractivity contribution < 1.29 is 9.53 Å². The minimum absolute atomic E-state index is 0.0442. The predicted octanol–water partition coefficient (Wildman–Crippen LogP) is 5.42. The molecular weight excluding hydrogens is 396 g/mol. The van der Waals surface area contributed by atoms with Gasteiger partial charge in [0.2, 0.25) is 0 Å². The average Bonchev–Trinajstić information content (AvgIpc) is 2.80. The molecule has 32 heavy (non-hydrogen) atoms. The second-order valence-corrected chi connectivity index (χ2v) is 9.01. The Balaban J connectivity index is 1.76. The van der Waals surface area contributed by atoms with Crippen LogP contribution in [-0.2, 0) is 0 Å². The normalized spacial score (nSPS) is 22.1. The summed E-state index contributed by atoms with van der Waals surface area (Å²) < 4.78 is 5.51. The summed E-state index contributed by atoms with van der Waals surface area (Å²) in [7, 11) is 1.72. The van der Waals surface area contributed by atoms with Crippen LogP contribution >= 0.6 is 0 Å². The lowest BCUT2D eigenvalue weighted by Crippen LogP contribution is -2.54. The van der Waals surface area contributed by atoms with Crippen LogP contribution in [0.3, 0.4) is 0 Å². The number of carbonyl (C=O) groups is 1. The third kappa shape index (κ3) is 4.84. The zero-order chi connectivity index (χ0) is 23.4. The first-order valence-corrected chi connectivity index (χ1v) is 11.6. The summed E-state index contributed by atoms with van der Waals surface area (Å²) in [5.74, 6) is 3.50. The molecule has 170 valence electrons. The van der Waals surface area contributed by atoms with E-state index >= 15 is 0 Å². The SMILES string of the molecule is C#Cc1cccc(C(=O)NC2CC(C)N(C(C)c3ccc(OC)c(C)c3C)C(CC)C2)c1. The molecule has 1 amide bonds. The van der Waals surface area contributed by atoms with Crippen molar-refractivity contribution in [1.82, 2.24) is 10.2 Å². The molecule has 1 aliphatic rings. The van der Waals surface area contributed by atoms with Crippen molar-refractivity contribution in [3.8, 4) is 18.1 Å². The van der Waals surface area contributed by atoms with Gasteiger partial charge in [0.05, 0.1) is 7.11 Å². The number of piperidine rings is 1. The van der Waals surface area contributed by atoms with Crippen LogP contribution < -0.4 is 10.1 Å². The van der Waals surface area contributed by atoms with Crippen molar-refractivity contribution in [1.29, 1.82) is 0 Å². The first kappa shape index (κ1) is 23.9. The highest BCUT2D eigenvalue weighted by Crippen LogP contribution is 2.37. The number of methoxy groups -OCH3 is 1. The molecule has 3 rings (SSSR count). The van der Waals surface area contributed by atoms with Crippen LogP contribution in [0.25, 0.3) is 0 Å². The smallest absolute Gasteiger partial charge is 0.251 e. The lowest BCUT2D eigenvalue weighted by atomic mass is 9.86. The molecule has 1 fully saturated rings. The molecule has 2 aromatic rings. The van der Waals surface area contributed by atoms with Gasteiger partial charge in [-0.1, -0.05) is 25.0 Å². The molecule has 1 saturated heterocycles. The maximum Gasteiger partial charge on any atom is 0.251 e. The third-order valence-electron chi connectivity index (χ3n) is 7.11. The van der Waals surface area contributed by atoms with E-state index in [9.17, 15) is 4.79 Å². The van der Waals surface area contributed by atoms with Gasteiger partial charge in [0.1, 0.15) is 5.75 Å². The van der Waals surface area contributed by atoms with E-state index < -0.39 is 0 Å². The number of hydrogen-bond donors (Lipinski definition) is 1. The lowest BCUT2D eigenvalue weighted by molar-refractivity contribution is 0.0338. The van der Waals surface area contributed by atoms with E-state index in [0.29, 0.717) is 23.7 Å². The lowest BCUT2D eigenvalue weighted by Gasteiger charge is -2.47. The van der Waals surface area contributed by atoms with Gasteiger partial charge in [0.25, 0.3) is 5.91 Å². The van der Waals surface area contributed by atoms with Crippen molar-refractivity contribution in [2.45, 2.75) is 78.0 Å². The second kappa shape index (κ2) is 10.2. The molecule has 2 aromatic carbocycles. The Kier molecular flexibility index (Phi) is 7.64. The van der Waals surface area contributed by atoms with E-state index in [1.165, 1.54) is 16.7 Å². The highest BCUT2D eigenvalue weighted by atomic mass is 16.5. The Bertz CT molecular complexity index is 1010. The van der Waals surface area contributed by atoms with E-state index in [2.05, 4.69) is 62.9 Å². The van der Waals surface area contributed by atoms with Gasteiger partial charge in [-0.25, -0.2) is 0 Å². The molecule has 1 aliphatic heterocycles. The van der Waals surface area contributed by atoms with Gasteiger partial charge in [-0.3, -0.25) is 9.69 Å². The molecular formula is C28H36N2O2. The van der Waals surface area contributed by atoms with E-state index in [0.717, 1.165) is 30.6 Å². The van der Waals surface area contributed by atoms with Crippen LogP contribution in [0.5, 0.6) is 5.75 Å². The van der Waals surface area contributed by atoms with Crippen LogP contribution in [0.15, 0.2) is 36.4 Å². The molecule has 0 aromatic heterocycles. The maximum atomic E-state index is 12.9. The monoisotopic (exact) mass is 432 g/mol. The number of ether oxygens (including phenoxy) is 1. The summed E-state index contributed by atoms with van der Waals surface area (Å²) in [5.41, 5.74) is 5.20. The van der Waals surface area contributed by atoms with Gasteiger partial charge in [0.15, 0.2) is 0 Å². The zero-order valence-electron chi connectivity index (χ0n) is 20.2. The number of likely N-dealkylation sites (tertiary alicyclic amines) is 1. The van der Waals surface area contributed by atoms with Crippen LogP contribution in [0.2, 0.25) is 0 Å². The van der Waals surface area contributed by atoms with Gasteiger partial charge >= 0.3 is 0 Å². The summed E-state index contributed by atoms with van der Waals surface area (Å²) in [6, 6.07) is 12.8. The fourth-order valence-electron chi connectivity index (χ4n) is 5.30. The number of amides is 1. The molecule has 0 saturated carbocycles. The molecule has 4 atom stereocenters. The van der Waals surface area contributed by atoms with Crippen LogP contribution in [0, 0.1) is 26.2 Å². The summed E-state index contributed by atoms with van der Waals surface area (Å²) in [5, 5.41) is 3.27. The molecule has 4 unspecified atom stereocenters. The number of benzene rings is 2. The number of rotatable bonds is 6. The minimum atomic E-state index is -0.0442. The molecule has 1 N–H and O–H groups in total. The fourth-order valence-corrected chi connectivity index (χ4v) is 5.30. The highest BCUT2D eigenvalue weighted by Gasteiger charge is 2.36. The molecule has 0 spiro atoms. The van der Waals surface area contributed by atoms with Crippen LogP contribution in [0.1, 0.15) is 78.7 Å². The summed E-state index contributed by atoms with van der Waals surface area (Å²) in [4.78, 5) is 15.5. The third-order valence-corrected chi connectivity index (χ3v) is 7.11. The van der Waals surface area contributed by atoms with Crippen molar-refractivity contribution in [3.63, 3.8) is 0 Å². The first-order chi connectivity index (χ1) is 15.3. The quantitative estimate of drug-likeness (QED) is 0.620. The molecule has 4 heteroatoms. The number of nitrogens with zero attached hydrogens (tertiary/aromatic N) is 1. The Morgan fingerprint density at radius 2 is 2.00 bits per heavy atom. The van der Waals surface area contributed by atoms with Crippen molar-refractivity contribution in [2.75, 3.05) is 7.11 Å². The molecule has 1 heterocycles. The Morgan fingerprint density at radius 3 is 2.66 bits per heavy atom. The van der Waals surface area contributed by atoms with Gasteiger partial charge in [0, 0.05) is 35.3 Å². The number of terminal acetylenes is 1. The standard InChI is InChI=1S/C28H36N2O2/c1-8-22-11-10-12-23(16-22)28(31)29-24-15-18(3)30(25(9-2)17-24)21(6)26-13-14-27(32-7)20(5)19(26)4/h1,10-14,16,18,21,24-25H,9,15,17H2,2-7H3,(H,29,31). The Labute approximate surface area is 193 Å². The molecule has 0 bridgehead atoms. The predicted molar refractivity (Wildman–Crippen MR) is 131 cm³/mol. The molecule has 0 radical (unpaired) electrons. The van der Waals surface area contributed by atoms with Gasteiger partial charge < -0.3 is 10.1 Å². The molecule has 0 aliphatic carbocycles. The van der Waals surface area contributed by atoms with Crippen molar-refractivity contribution in [3.05, 3.63) is 64.2 Å². The highest BCUT2D eigenvalue weighted by molar-refractivity contribution is 5.94. The number of hydrogen-bond acceptors (Lipinski definition) is 3. The van der Waals surface area contributed by atoms with Crippen LogP contribution in [-0.4, -0.2) is 36.0 Å². The van der Waals surface area contributed by atoms with Gasteiger partial charge in [-0.05, 0) is 87.9 Å². The van der Waals surface area contributed by atoms with Crippen molar-refractivity contribution in [2.24, 2.45) is 0 Å². The van der Waals surface area contributed by atoms with Crippen molar-refractivity contribution >= 4 is 5.91 Å². The van der Waals surface area contributed by atoms with Gasteiger partial charge in [-0.2, -0.15) is 0 Å². The van der Waals surface area contributed by atoms with Gasteiger partial charge in [-0.15, -0.1) is 6.42 Å². The maximum absolute atomic E-state index is 12.9. The Morgan fingerprint density at radius 1 is 1.25 bits per heavy atom. The summed E-state index contributed by atoms with van der Waals surface area (Å²) in [6.45, 7) is 11.1. The topological polar surface area (TPSA) is 41.6 Å². The largest absolute Gasteiger partial charge is 0.496 e. The summed E-state index contributed by atoms with van der Waals surface area (Å²) in [6.07, 6.45) is 8.40. The van der Waals surface area contributed by atoms with E-state index in [-0.39, 0.29) is 11.9 Å². The average molecular weight is 433 g/mol. The first-order valence-electron chi connectivity index (χ1n) is 11.6. The Hall–Kier alpha value is -2.77.